The number of nitrogens with one attached hydrogen (secondary N) is 2. The molecule has 2 heterocycles. The van der Waals surface area contributed by atoms with Gasteiger partial charge >= 0.3 is 0 Å². The number of hydrogen-bond donors (Lipinski definition) is 2. The average molecular weight is 264 g/mol. The van der Waals surface area contributed by atoms with E-state index in [0.29, 0.717) is 13.1 Å². The lowest BCUT2D eigenvalue weighted by Crippen LogP contribution is -2.47. The van der Waals surface area contributed by atoms with Crippen molar-refractivity contribution >= 4 is 28.4 Å². The Hall–Kier alpha value is -1.52. The lowest BCUT2D eigenvalue weighted by Gasteiger charge is -2.27. The van der Waals surface area contributed by atoms with Crippen molar-refractivity contribution in [3.05, 3.63) is 35.0 Å². The highest BCUT2D eigenvalue weighted by atomic mass is 35.5. The molecule has 1 saturated heterocycles. The summed E-state index contributed by atoms with van der Waals surface area (Å²) in [5.74, 6) is 0.151. The fourth-order valence-corrected chi connectivity index (χ4v) is 2.47. The number of benzene rings is 1. The number of H-pyrrole nitrogens is 1. The molecule has 1 amide bonds. The predicted molar refractivity (Wildman–Crippen MR) is 71.6 cm³/mol. The van der Waals surface area contributed by atoms with Gasteiger partial charge in [-0.05, 0) is 23.8 Å². The van der Waals surface area contributed by atoms with E-state index in [1.54, 1.807) is 0 Å². The minimum absolute atomic E-state index is 0.151. The lowest BCUT2D eigenvalue weighted by molar-refractivity contribution is -0.132. The first kappa shape index (κ1) is 11.6. The fraction of sp³-hybridized carbons (Fsp3) is 0.308. The molecule has 1 aromatic heterocycles. The monoisotopic (exact) mass is 263 g/mol. The summed E-state index contributed by atoms with van der Waals surface area (Å²) in [4.78, 5) is 16.8. The van der Waals surface area contributed by atoms with Gasteiger partial charge in [0, 0.05) is 41.8 Å². The Morgan fingerprint density at radius 2 is 2.28 bits per heavy atom. The molecule has 94 valence electrons. The second-order valence-electron chi connectivity index (χ2n) is 4.50. The molecule has 2 aromatic rings. The van der Waals surface area contributed by atoms with Crippen LogP contribution in [0.4, 0.5) is 0 Å². The summed E-state index contributed by atoms with van der Waals surface area (Å²) in [6, 6.07) is 5.76. The van der Waals surface area contributed by atoms with Crippen LogP contribution in [0.2, 0.25) is 5.02 Å². The zero-order valence-electron chi connectivity index (χ0n) is 9.87. The molecule has 0 spiro atoms. The number of fused-ring (bicyclic) bond motifs is 1. The number of carbonyl (C=O) groups is 1. The third-order valence-corrected chi connectivity index (χ3v) is 3.51. The number of halogens is 1. The quantitative estimate of drug-likeness (QED) is 0.867. The molecule has 5 heteroatoms. The van der Waals surface area contributed by atoms with Crippen LogP contribution in [-0.2, 0) is 11.3 Å². The van der Waals surface area contributed by atoms with Gasteiger partial charge in [-0.25, -0.2) is 0 Å². The second-order valence-corrected chi connectivity index (χ2v) is 4.93. The zero-order chi connectivity index (χ0) is 12.5. The SMILES string of the molecule is O=C1CNCCN1Cc1c[nH]c2ccc(Cl)cc12. The summed E-state index contributed by atoms with van der Waals surface area (Å²) in [5.41, 5.74) is 2.17. The third kappa shape index (κ3) is 2.09. The second kappa shape index (κ2) is 4.63. The predicted octanol–water partition coefficient (Wildman–Crippen LogP) is 1.75. The van der Waals surface area contributed by atoms with Crippen molar-refractivity contribution in [2.24, 2.45) is 0 Å². The molecule has 0 radical (unpaired) electrons. The number of nitrogens with zero attached hydrogens (tertiary/aromatic N) is 1. The van der Waals surface area contributed by atoms with E-state index >= 15 is 0 Å². The van der Waals surface area contributed by atoms with E-state index in [4.69, 9.17) is 11.6 Å². The number of rotatable bonds is 2. The minimum atomic E-state index is 0.151. The molecule has 4 nitrogen and oxygen atoms in total. The molecule has 18 heavy (non-hydrogen) atoms. The van der Waals surface area contributed by atoms with E-state index in [0.717, 1.165) is 34.6 Å². The van der Waals surface area contributed by atoms with Crippen molar-refractivity contribution in [1.82, 2.24) is 15.2 Å². The van der Waals surface area contributed by atoms with Crippen LogP contribution in [0.5, 0.6) is 0 Å². The van der Waals surface area contributed by atoms with Crippen molar-refractivity contribution < 1.29 is 4.79 Å². The standard InChI is InChI=1S/C13H14ClN3O/c14-10-1-2-12-11(5-10)9(6-16-12)8-17-4-3-15-7-13(17)18/h1-2,5-6,15-16H,3-4,7-8H2. The van der Waals surface area contributed by atoms with Crippen LogP contribution in [-0.4, -0.2) is 35.4 Å². The first-order valence-electron chi connectivity index (χ1n) is 5.98. The zero-order valence-corrected chi connectivity index (χ0v) is 10.6. The van der Waals surface area contributed by atoms with Crippen molar-refractivity contribution in [2.75, 3.05) is 19.6 Å². The van der Waals surface area contributed by atoms with Crippen LogP contribution in [0, 0.1) is 0 Å². The van der Waals surface area contributed by atoms with E-state index in [9.17, 15) is 4.79 Å². The average Bonchev–Trinajstić information content (AvgIpc) is 2.75. The molecule has 1 aromatic carbocycles. The number of hydrogen-bond acceptors (Lipinski definition) is 2. The summed E-state index contributed by atoms with van der Waals surface area (Å²) in [6.45, 7) is 2.69. The first-order valence-corrected chi connectivity index (χ1v) is 6.36. The molecule has 1 fully saturated rings. The van der Waals surface area contributed by atoms with Gasteiger partial charge in [-0.1, -0.05) is 11.6 Å². The van der Waals surface area contributed by atoms with Gasteiger partial charge in [0.2, 0.25) is 5.91 Å². The summed E-state index contributed by atoms with van der Waals surface area (Å²) < 4.78 is 0. The Bertz CT molecular complexity index is 593. The molecule has 0 bridgehead atoms. The Kier molecular flexibility index (Phi) is 2.97. The Morgan fingerprint density at radius 1 is 1.39 bits per heavy atom. The maximum absolute atomic E-state index is 11.8. The van der Waals surface area contributed by atoms with Gasteiger partial charge in [0.25, 0.3) is 0 Å². The first-order chi connectivity index (χ1) is 8.74. The van der Waals surface area contributed by atoms with E-state index in [1.807, 2.05) is 29.3 Å². The molecule has 0 atom stereocenters. The topological polar surface area (TPSA) is 48.1 Å². The van der Waals surface area contributed by atoms with Crippen molar-refractivity contribution in [2.45, 2.75) is 6.54 Å². The number of amides is 1. The number of aromatic nitrogens is 1. The van der Waals surface area contributed by atoms with Crippen LogP contribution < -0.4 is 5.32 Å². The van der Waals surface area contributed by atoms with Crippen LogP contribution in [0.3, 0.4) is 0 Å². The molecule has 0 saturated carbocycles. The Balaban J connectivity index is 1.90. The summed E-state index contributed by atoms with van der Waals surface area (Å²) in [5, 5.41) is 4.88. The van der Waals surface area contributed by atoms with E-state index < -0.39 is 0 Å². The molecular weight excluding hydrogens is 250 g/mol. The van der Waals surface area contributed by atoms with Gasteiger partial charge in [0.1, 0.15) is 0 Å². The van der Waals surface area contributed by atoms with Gasteiger partial charge in [-0.2, -0.15) is 0 Å². The van der Waals surface area contributed by atoms with Crippen LogP contribution in [0.15, 0.2) is 24.4 Å². The fourth-order valence-electron chi connectivity index (χ4n) is 2.30. The minimum Gasteiger partial charge on any atom is -0.361 e. The Labute approximate surface area is 110 Å². The highest BCUT2D eigenvalue weighted by Gasteiger charge is 2.18. The molecule has 3 rings (SSSR count). The van der Waals surface area contributed by atoms with Gasteiger partial charge in [0.15, 0.2) is 0 Å². The highest BCUT2D eigenvalue weighted by molar-refractivity contribution is 6.31. The highest BCUT2D eigenvalue weighted by Crippen LogP contribution is 2.23. The lowest BCUT2D eigenvalue weighted by atomic mass is 10.1. The maximum atomic E-state index is 11.8. The van der Waals surface area contributed by atoms with Crippen LogP contribution in [0.1, 0.15) is 5.56 Å². The van der Waals surface area contributed by atoms with Crippen LogP contribution in [0.25, 0.3) is 10.9 Å². The summed E-state index contributed by atoms with van der Waals surface area (Å²) >= 11 is 6.01. The Morgan fingerprint density at radius 3 is 3.11 bits per heavy atom. The number of aromatic amines is 1. The smallest absolute Gasteiger partial charge is 0.236 e. The summed E-state index contributed by atoms with van der Waals surface area (Å²) in [7, 11) is 0. The van der Waals surface area contributed by atoms with Gasteiger partial charge in [-0.15, -0.1) is 0 Å². The normalized spacial score (nSPS) is 16.5. The van der Waals surface area contributed by atoms with Gasteiger partial charge in [-0.3, -0.25) is 4.79 Å². The number of piperazine rings is 1. The maximum Gasteiger partial charge on any atom is 0.236 e. The molecular formula is C13H14ClN3O. The van der Waals surface area contributed by atoms with Gasteiger partial charge < -0.3 is 15.2 Å². The van der Waals surface area contributed by atoms with E-state index in [2.05, 4.69) is 10.3 Å². The third-order valence-electron chi connectivity index (χ3n) is 3.28. The van der Waals surface area contributed by atoms with E-state index in [-0.39, 0.29) is 5.91 Å². The summed E-state index contributed by atoms with van der Waals surface area (Å²) in [6.07, 6.45) is 1.95. The van der Waals surface area contributed by atoms with E-state index in [1.165, 1.54) is 0 Å². The van der Waals surface area contributed by atoms with Crippen LogP contribution >= 0.6 is 11.6 Å². The van der Waals surface area contributed by atoms with Crippen molar-refractivity contribution in [3.63, 3.8) is 0 Å². The van der Waals surface area contributed by atoms with Crippen molar-refractivity contribution in [1.29, 1.82) is 0 Å². The number of carbonyl (C=O) groups excluding carboxylic acids is 1. The molecule has 0 aliphatic carbocycles. The molecule has 1 aliphatic heterocycles. The molecule has 0 unspecified atom stereocenters. The molecule has 2 N–H and O–H groups in total. The largest absolute Gasteiger partial charge is 0.361 e. The molecule has 1 aliphatic rings. The van der Waals surface area contributed by atoms with Crippen molar-refractivity contribution in [3.8, 4) is 0 Å². The van der Waals surface area contributed by atoms with Gasteiger partial charge in [0.05, 0.1) is 6.54 Å².